The van der Waals surface area contributed by atoms with Crippen LogP contribution >= 0.6 is 11.6 Å². The molecule has 2 N–H and O–H groups in total. The van der Waals surface area contributed by atoms with E-state index in [0.29, 0.717) is 17.3 Å². The van der Waals surface area contributed by atoms with Crippen molar-refractivity contribution < 1.29 is 0 Å². The summed E-state index contributed by atoms with van der Waals surface area (Å²) in [6.45, 7) is 4.49. The van der Waals surface area contributed by atoms with Crippen LogP contribution in [0.15, 0.2) is 10.9 Å². The maximum absolute atomic E-state index is 11.4. The molecule has 15 heavy (non-hydrogen) atoms. The predicted octanol–water partition coefficient (Wildman–Crippen LogP) is -0.172. The molecule has 0 aliphatic carbocycles. The third-order valence-corrected chi connectivity index (χ3v) is 2.65. The Bertz CT molecular complexity index is 386. The summed E-state index contributed by atoms with van der Waals surface area (Å²) < 4.78 is 0. The van der Waals surface area contributed by atoms with Crippen LogP contribution in [0.5, 0.6) is 0 Å². The molecule has 1 aromatic heterocycles. The number of nitrogens with zero attached hydrogens (tertiary/aromatic N) is 2. The SMILES string of the molecule is O=c1[nH]nc(Cl)cc1CN1CCNCC1. The van der Waals surface area contributed by atoms with Gasteiger partial charge in [-0.1, -0.05) is 11.6 Å². The quantitative estimate of drug-likeness (QED) is 0.738. The predicted molar refractivity (Wildman–Crippen MR) is 58.0 cm³/mol. The molecule has 1 fully saturated rings. The lowest BCUT2D eigenvalue weighted by atomic mass is 10.2. The number of piperazine rings is 1. The summed E-state index contributed by atoms with van der Waals surface area (Å²) in [5.74, 6) is 0. The Labute approximate surface area is 92.4 Å². The van der Waals surface area contributed by atoms with Crippen molar-refractivity contribution in [2.75, 3.05) is 26.2 Å². The second-order valence-electron chi connectivity index (χ2n) is 3.57. The maximum atomic E-state index is 11.4. The topological polar surface area (TPSA) is 61.0 Å². The molecule has 2 heterocycles. The van der Waals surface area contributed by atoms with Crippen molar-refractivity contribution in [2.45, 2.75) is 6.54 Å². The van der Waals surface area contributed by atoms with E-state index < -0.39 is 0 Å². The Morgan fingerprint density at radius 2 is 2.20 bits per heavy atom. The van der Waals surface area contributed by atoms with Crippen LogP contribution < -0.4 is 10.9 Å². The van der Waals surface area contributed by atoms with E-state index in [-0.39, 0.29) is 5.56 Å². The summed E-state index contributed by atoms with van der Waals surface area (Å²) in [6, 6.07) is 1.63. The van der Waals surface area contributed by atoms with Crippen LogP contribution in [0.1, 0.15) is 5.56 Å². The molecule has 0 unspecified atom stereocenters. The van der Waals surface area contributed by atoms with Crippen molar-refractivity contribution in [1.29, 1.82) is 0 Å². The molecule has 1 saturated heterocycles. The molecule has 0 bridgehead atoms. The summed E-state index contributed by atoms with van der Waals surface area (Å²) in [7, 11) is 0. The zero-order valence-electron chi connectivity index (χ0n) is 8.29. The van der Waals surface area contributed by atoms with Crippen molar-refractivity contribution in [1.82, 2.24) is 20.4 Å². The number of aromatic amines is 1. The fourth-order valence-electron chi connectivity index (χ4n) is 1.65. The van der Waals surface area contributed by atoms with Gasteiger partial charge in [-0.05, 0) is 6.07 Å². The van der Waals surface area contributed by atoms with Gasteiger partial charge < -0.3 is 5.32 Å². The number of nitrogens with one attached hydrogen (secondary N) is 2. The third kappa shape index (κ3) is 2.77. The largest absolute Gasteiger partial charge is 0.314 e. The van der Waals surface area contributed by atoms with Gasteiger partial charge in [0.15, 0.2) is 0 Å². The van der Waals surface area contributed by atoms with Gasteiger partial charge in [-0.3, -0.25) is 9.69 Å². The highest BCUT2D eigenvalue weighted by Crippen LogP contribution is 2.05. The molecule has 0 spiro atoms. The van der Waals surface area contributed by atoms with Gasteiger partial charge in [0.2, 0.25) is 0 Å². The molecule has 2 rings (SSSR count). The van der Waals surface area contributed by atoms with E-state index >= 15 is 0 Å². The summed E-state index contributed by atoms with van der Waals surface area (Å²) in [5, 5.41) is 9.60. The molecule has 5 nitrogen and oxygen atoms in total. The van der Waals surface area contributed by atoms with Crippen LogP contribution in [-0.4, -0.2) is 41.3 Å². The molecular formula is C9H13ClN4O. The molecule has 1 aromatic rings. The molecule has 1 aliphatic heterocycles. The Morgan fingerprint density at radius 3 is 2.93 bits per heavy atom. The zero-order valence-corrected chi connectivity index (χ0v) is 9.05. The number of rotatable bonds is 2. The lowest BCUT2D eigenvalue weighted by molar-refractivity contribution is 0.232. The lowest BCUT2D eigenvalue weighted by Crippen LogP contribution is -2.43. The van der Waals surface area contributed by atoms with Crippen LogP contribution in [0.25, 0.3) is 0 Å². The molecule has 0 atom stereocenters. The Morgan fingerprint density at radius 1 is 1.47 bits per heavy atom. The van der Waals surface area contributed by atoms with E-state index in [4.69, 9.17) is 11.6 Å². The fourth-order valence-corrected chi connectivity index (χ4v) is 1.82. The molecule has 0 aromatic carbocycles. The van der Waals surface area contributed by atoms with Crippen molar-refractivity contribution in [2.24, 2.45) is 0 Å². The van der Waals surface area contributed by atoms with Crippen molar-refractivity contribution >= 4 is 11.6 Å². The minimum atomic E-state index is -0.155. The van der Waals surface area contributed by atoms with Gasteiger partial charge in [-0.15, -0.1) is 0 Å². The highest BCUT2D eigenvalue weighted by Gasteiger charge is 2.12. The molecule has 82 valence electrons. The number of H-pyrrole nitrogens is 1. The van der Waals surface area contributed by atoms with E-state index in [0.717, 1.165) is 26.2 Å². The van der Waals surface area contributed by atoms with E-state index in [2.05, 4.69) is 20.4 Å². The van der Waals surface area contributed by atoms with Crippen molar-refractivity contribution in [3.63, 3.8) is 0 Å². The van der Waals surface area contributed by atoms with Crippen LogP contribution in [0, 0.1) is 0 Å². The van der Waals surface area contributed by atoms with Crippen LogP contribution in [-0.2, 0) is 6.54 Å². The molecule has 0 amide bonds. The first-order valence-electron chi connectivity index (χ1n) is 4.93. The number of halogens is 1. The monoisotopic (exact) mass is 228 g/mol. The first kappa shape index (κ1) is 10.6. The third-order valence-electron chi connectivity index (χ3n) is 2.45. The fraction of sp³-hybridized carbons (Fsp3) is 0.556. The zero-order chi connectivity index (χ0) is 10.7. The van der Waals surface area contributed by atoms with Gasteiger partial charge >= 0.3 is 0 Å². The average Bonchev–Trinajstić information content (AvgIpc) is 2.25. The summed E-state index contributed by atoms with van der Waals surface area (Å²) >= 11 is 5.72. The minimum Gasteiger partial charge on any atom is -0.314 e. The van der Waals surface area contributed by atoms with Crippen molar-refractivity contribution in [3.8, 4) is 0 Å². The Balaban J connectivity index is 2.09. The van der Waals surface area contributed by atoms with E-state index in [9.17, 15) is 4.79 Å². The summed E-state index contributed by atoms with van der Waals surface area (Å²) in [5.41, 5.74) is 0.523. The molecule has 1 aliphatic rings. The van der Waals surface area contributed by atoms with Gasteiger partial charge in [-0.25, -0.2) is 5.10 Å². The minimum absolute atomic E-state index is 0.155. The number of hydrogen-bond acceptors (Lipinski definition) is 4. The van der Waals surface area contributed by atoms with Crippen molar-refractivity contribution in [3.05, 3.63) is 27.1 Å². The van der Waals surface area contributed by atoms with Gasteiger partial charge in [0.25, 0.3) is 5.56 Å². The number of aromatic nitrogens is 2. The van der Waals surface area contributed by atoms with Gasteiger partial charge in [0.05, 0.1) is 0 Å². The van der Waals surface area contributed by atoms with Crippen LogP contribution in [0.3, 0.4) is 0 Å². The first-order valence-corrected chi connectivity index (χ1v) is 5.30. The first-order chi connectivity index (χ1) is 7.25. The Hall–Kier alpha value is -0.910. The normalized spacial score (nSPS) is 17.9. The van der Waals surface area contributed by atoms with E-state index in [1.54, 1.807) is 6.07 Å². The average molecular weight is 229 g/mol. The second-order valence-corrected chi connectivity index (χ2v) is 3.96. The second kappa shape index (κ2) is 4.74. The highest BCUT2D eigenvalue weighted by molar-refractivity contribution is 6.29. The summed E-state index contributed by atoms with van der Waals surface area (Å²) in [6.07, 6.45) is 0. The van der Waals surface area contributed by atoms with Gasteiger partial charge in [0, 0.05) is 38.3 Å². The molecular weight excluding hydrogens is 216 g/mol. The van der Waals surface area contributed by atoms with Crippen LogP contribution in [0.4, 0.5) is 0 Å². The molecule has 0 saturated carbocycles. The highest BCUT2D eigenvalue weighted by atomic mass is 35.5. The molecule has 6 heteroatoms. The van der Waals surface area contributed by atoms with Gasteiger partial charge in [0.1, 0.15) is 5.15 Å². The maximum Gasteiger partial charge on any atom is 0.268 e. The molecule has 0 radical (unpaired) electrons. The Kier molecular flexibility index (Phi) is 3.35. The van der Waals surface area contributed by atoms with Gasteiger partial charge in [-0.2, -0.15) is 5.10 Å². The van der Waals surface area contributed by atoms with Crippen LogP contribution in [0.2, 0.25) is 5.15 Å². The lowest BCUT2D eigenvalue weighted by Gasteiger charge is -2.26. The standard InChI is InChI=1S/C9H13ClN4O/c10-8-5-7(9(15)13-12-8)6-14-3-1-11-2-4-14/h5,11H,1-4,6H2,(H,13,15). The summed E-state index contributed by atoms with van der Waals surface area (Å²) in [4.78, 5) is 13.6. The smallest absolute Gasteiger partial charge is 0.268 e. The number of hydrogen-bond donors (Lipinski definition) is 2. The van der Waals surface area contributed by atoms with E-state index in [1.807, 2.05) is 0 Å². The van der Waals surface area contributed by atoms with E-state index in [1.165, 1.54) is 0 Å².